The topological polar surface area (TPSA) is 84.2 Å². The van der Waals surface area contributed by atoms with Gasteiger partial charge in [-0.1, -0.05) is 17.7 Å². The Morgan fingerprint density at radius 3 is 2.35 bits per heavy atom. The lowest BCUT2D eigenvalue weighted by molar-refractivity contribution is 0.601. The second-order valence-electron chi connectivity index (χ2n) is 3.88. The maximum absolute atomic E-state index is 12.2. The lowest BCUT2D eigenvalue weighted by atomic mass is 10.3. The number of rotatable bonds is 4. The fraction of sp³-hybridized carbons (Fsp3) is 0. The summed E-state index contributed by atoms with van der Waals surface area (Å²) in [5, 5.41) is 0.424. The predicted molar refractivity (Wildman–Crippen MR) is 84.2 cm³/mol. The van der Waals surface area contributed by atoms with Crippen molar-refractivity contribution in [3.05, 3.63) is 52.0 Å². The van der Waals surface area contributed by atoms with Gasteiger partial charge in [-0.3, -0.25) is 10.6 Å². The molecule has 0 heterocycles. The maximum Gasteiger partial charge on any atom is 0.261 e. The largest absolute Gasteiger partial charge is 0.324 e. The average Bonchev–Trinajstić information content (AvgIpc) is 2.44. The molecule has 2 aromatic rings. The molecular formula is C12H11BrClN3O2S. The van der Waals surface area contributed by atoms with Gasteiger partial charge in [0.2, 0.25) is 0 Å². The normalized spacial score (nSPS) is 11.2. The van der Waals surface area contributed by atoms with E-state index in [1.165, 1.54) is 12.1 Å². The Bertz CT molecular complexity index is 720. The minimum atomic E-state index is -3.68. The standard InChI is InChI=1S/C12H11BrClN3O2S/c13-12-10(14)2-1-3-11(12)17-20(18,19)9-6-4-8(16-15)5-7-9/h1-7,16-17H,15H2. The van der Waals surface area contributed by atoms with Crippen LogP contribution in [0.3, 0.4) is 0 Å². The van der Waals surface area contributed by atoms with Gasteiger partial charge in [-0.05, 0) is 52.3 Å². The second-order valence-corrected chi connectivity index (χ2v) is 6.76. The lowest BCUT2D eigenvalue weighted by Crippen LogP contribution is -2.13. The van der Waals surface area contributed by atoms with E-state index in [0.717, 1.165) is 0 Å². The molecule has 0 saturated carbocycles. The first-order chi connectivity index (χ1) is 9.44. The van der Waals surface area contributed by atoms with Gasteiger partial charge >= 0.3 is 0 Å². The van der Waals surface area contributed by atoms with Gasteiger partial charge < -0.3 is 5.43 Å². The molecule has 0 aliphatic carbocycles. The maximum atomic E-state index is 12.2. The highest BCUT2D eigenvalue weighted by molar-refractivity contribution is 9.10. The molecule has 0 bridgehead atoms. The first kappa shape index (κ1) is 15.1. The third-order valence-corrected chi connectivity index (χ3v) is 5.31. The number of nitrogen functional groups attached to an aromatic ring is 1. The number of nitrogens with two attached hydrogens (primary N) is 1. The quantitative estimate of drug-likeness (QED) is 0.565. The zero-order valence-electron chi connectivity index (χ0n) is 10.1. The van der Waals surface area contributed by atoms with E-state index in [0.29, 0.717) is 20.9 Å². The summed E-state index contributed by atoms with van der Waals surface area (Å²) in [6.45, 7) is 0. The summed E-state index contributed by atoms with van der Waals surface area (Å²) >= 11 is 9.17. The van der Waals surface area contributed by atoms with Crippen molar-refractivity contribution in [2.75, 3.05) is 10.1 Å². The van der Waals surface area contributed by atoms with Crippen LogP contribution in [0.25, 0.3) is 0 Å². The molecular weight excluding hydrogens is 366 g/mol. The summed E-state index contributed by atoms with van der Waals surface area (Å²) in [4.78, 5) is 0.128. The van der Waals surface area contributed by atoms with Crippen LogP contribution < -0.4 is 16.0 Å². The van der Waals surface area contributed by atoms with Crippen LogP contribution in [0.2, 0.25) is 5.02 Å². The van der Waals surface area contributed by atoms with Crippen molar-refractivity contribution in [2.45, 2.75) is 4.90 Å². The summed E-state index contributed by atoms with van der Waals surface area (Å²) in [7, 11) is -3.68. The number of hydrazine groups is 1. The van der Waals surface area contributed by atoms with Crippen molar-refractivity contribution < 1.29 is 8.42 Å². The van der Waals surface area contributed by atoms with Crippen molar-refractivity contribution >= 4 is 48.9 Å². The molecule has 0 unspecified atom stereocenters. The van der Waals surface area contributed by atoms with Crippen LogP contribution in [0.1, 0.15) is 0 Å². The molecule has 0 aliphatic rings. The Morgan fingerprint density at radius 1 is 1.10 bits per heavy atom. The number of benzene rings is 2. The Hall–Kier alpha value is -1.28. The average molecular weight is 377 g/mol. The van der Waals surface area contributed by atoms with E-state index in [4.69, 9.17) is 17.4 Å². The van der Waals surface area contributed by atoms with Crippen LogP contribution in [0.15, 0.2) is 51.8 Å². The lowest BCUT2D eigenvalue weighted by Gasteiger charge is -2.11. The third-order valence-electron chi connectivity index (χ3n) is 2.53. The first-order valence-corrected chi connectivity index (χ1v) is 8.13. The molecule has 0 saturated heterocycles. The molecule has 0 fully saturated rings. The summed E-state index contributed by atoms with van der Waals surface area (Å²) < 4.78 is 27.4. The minimum Gasteiger partial charge on any atom is -0.324 e. The fourth-order valence-electron chi connectivity index (χ4n) is 1.52. The van der Waals surface area contributed by atoms with Crippen molar-refractivity contribution in [3.8, 4) is 0 Å². The molecule has 5 nitrogen and oxygen atoms in total. The minimum absolute atomic E-state index is 0.128. The van der Waals surface area contributed by atoms with Gasteiger partial charge in [0, 0.05) is 5.69 Å². The van der Waals surface area contributed by atoms with Crippen LogP contribution in [-0.2, 0) is 10.0 Å². The van der Waals surface area contributed by atoms with E-state index in [1.54, 1.807) is 30.3 Å². The van der Waals surface area contributed by atoms with Crippen molar-refractivity contribution in [2.24, 2.45) is 5.84 Å². The Labute approximate surface area is 130 Å². The number of sulfonamides is 1. The van der Waals surface area contributed by atoms with Gasteiger partial charge in [0.05, 0.1) is 20.1 Å². The molecule has 4 N–H and O–H groups in total. The number of hydrogen-bond acceptors (Lipinski definition) is 4. The van der Waals surface area contributed by atoms with Crippen LogP contribution in [0, 0.1) is 0 Å². The Morgan fingerprint density at radius 2 is 1.75 bits per heavy atom. The molecule has 106 valence electrons. The highest BCUT2D eigenvalue weighted by atomic mass is 79.9. The van der Waals surface area contributed by atoms with E-state index < -0.39 is 10.0 Å². The SMILES string of the molecule is NNc1ccc(S(=O)(=O)Nc2cccc(Cl)c2Br)cc1. The Kier molecular flexibility index (Phi) is 4.54. The molecule has 0 aromatic heterocycles. The second kappa shape index (κ2) is 6.01. The van der Waals surface area contributed by atoms with Gasteiger partial charge in [-0.15, -0.1) is 0 Å². The van der Waals surface area contributed by atoms with Crippen LogP contribution in [0.4, 0.5) is 11.4 Å². The zero-order valence-corrected chi connectivity index (χ0v) is 13.3. The van der Waals surface area contributed by atoms with Crippen molar-refractivity contribution in [1.29, 1.82) is 0 Å². The van der Waals surface area contributed by atoms with E-state index in [-0.39, 0.29) is 4.90 Å². The summed E-state index contributed by atoms with van der Waals surface area (Å²) in [5.74, 6) is 5.23. The molecule has 8 heteroatoms. The van der Waals surface area contributed by atoms with E-state index >= 15 is 0 Å². The number of halogens is 2. The highest BCUT2D eigenvalue weighted by Crippen LogP contribution is 2.31. The van der Waals surface area contributed by atoms with E-state index in [1.807, 2.05) is 0 Å². The Balaban J connectivity index is 2.33. The van der Waals surface area contributed by atoms with Gasteiger partial charge in [-0.25, -0.2) is 8.42 Å². The summed E-state index contributed by atoms with van der Waals surface area (Å²) in [6.07, 6.45) is 0. The highest BCUT2D eigenvalue weighted by Gasteiger charge is 2.16. The predicted octanol–water partition coefficient (Wildman–Crippen LogP) is 3.19. The fourth-order valence-corrected chi connectivity index (χ4v) is 3.26. The monoisotopic (exact) mass is 375 g/mol. The molecule has 0 atom stereocenters. The third kappa shape index (κ3) is 3.24. The van der Waals surface area contributed by atoms with Gasteiger partial charge in [-0.2, -0.15) is 0 Å². The van der Waals surface area contributed by atoms with Crippen LogP contribution in [0.5, 0.6) is 0 Å². The van der Waals surface area contributed by atoms with Crippen molar-refractivity contribution in [3.63, 3.8) is 0 Å². The number of anilines is 2. The first-order valence-electron chi connectivity index (χ1n) is 5.47. The molecule has 2 rings (SSSR count). The van der Waals surface area contributed by atoms with E-state index in [2.05, 4.69) is 26.1 Å². The van der Waals surface area contributed by atoms with Crippen LogP contribution >= 0.6 is 27.5 Å². The van der Waals surface area contributed by atoms with Gasteiger partial charge in [0.15, 0.2) is 0 Å². The zero-order chi connectivity index (χ0) is 14.8. The molecule has 0 amide bonds. The molecule has 0 aliphatic heterocycles. The van der Waals surface area contributed by atoms with E-state index in [9.17, 15) is 8.42 Å². The summed E-state index contributed by atoms with van der Waals surface area (Å²) in [6, 6.07) is 11.0. The van der Waals surface area contributed by atoms with Crippen molar-refractivity contribution in [1.82, 2.24) is 0 Å². The number of hydrogen-bond donors (Lipinski definition) is 3. The molecule has 0 radical (unpaired) electrons. The number of nitrogens with one attached hydrogen (secondary N) is 2. The van der Waals surface area contributed by atoms with Gasteiger partial charge in [0.25, 0.3) is 10.0 Å². The molecule has 2 aromatic carbocycles. The molecule has 0 spiro atoms. The molecule has 20 heavy (non-hydrogen) atoms. The summed E-state index contributed by atoms with van der Waals surface area (Å²) in [5.41, 5.74) is 3.42. The van der Waals surface area contributed by atoms with Crippen LogP contribution in [-0.4, -0.2) is 8.42 Å². The smallest absolute Gasteiger partial charge is 0.261 e. The van der Waals surface area contributed by atoms with Gasteiger partial charge in [0.1, 0.15) is 0 Å².